The van der Waals surface area contributed by atoms with Gasteiger partial charge in [0.25, 0.3) is 0 Å². The first kappa shape index (κ1) is 12.7. The smallest absolute Gasteiger partial charge is 0.306 e. The van der Waals surface area contributed by atoms with E-state index in [-0.39, 0.29) is 5.92 Å². The van der Waals surface area contributed by atoms with Gasteiger partial charge in [0.15, 0.2) is 0 Å². The Morgan fingerprint density at radius 1 is 1.57 bits per heavy atom. The number of hydrogen-bond acceptors (Lipinski definition) is 2. The third-order valence-electron chi connectivity index (χ3n) is 1.80. The van der Waals surface area contributed by atoms with Crippen molar-refractivity contribution in [2.75, 3.05) is 6.54 Å². The summed E-state index contributed by atoms with van der Waals surface area (Å²) in [5, 5.41) is 8.60. The molecule has 0 rings (SSSR count). The SMILES string of the molecule is CC(N)=NC/C=C\CC[C@@H](C)C(=O)O. The van der Waals surface area contributed by atoms with Crippen LogP contribution in [0.1, 0.15) is 26.7 Å². The van der Waals surface area contributed by atoms with Gasteiger partial charge in [-0.2, -0.15) is 0 Å². The van der Waals surface area contributed by atoms with Gasteiger partial charge in [0.2, 0.25) is 0 Å². The number of nitrogens with two attached hydrogens (primary N) is 1. The lowest BCUT2D eigenvalue weighted by Gasteiger charge is -2.01. The number of aliphatic imine (C=N–C) groups is 1. The number of amidine groups is 1. The van der Waals surface area contributed by atoms with Crippen molar-refractivity contribution >= 4 is 11.8 Å². The van der Waals surface area contributed by atoms with Crippen LogP contribution in [-0.2, 0) is 4.79 Å². The second-order valence-electron chi connectivity index (χ2n) is 3.27. The Balaban J connectivity index is 3.54. The molecule has 4 heteroatoms. The summed E-state index contributed by atoms with van der Waals surface area (Å²) < 4.78 is 0. The first-order chi connectivity index (χ1) is 6.54. The Bertz CT molecular complexity index is 230. The highest BCUT2D eigenvalue weighted by molar-refractivity contribution is 5.77. The van der Waals surface area contributed by atoms with Crippen molar-refractivity contribution in [2.24, 2.45) is 16.6 Å². The number of carboxylic acid groups (broad SMARTS) is 1. The van der Waals surface area contributed by atoms with Gasteiger partial charge in [0, 0.05) is 0 Å². The number of allylic oxidation sites excluding steroid dienone is 1. The summed E-state index contributed by atoms with van der Waals surface area (Å²) in [4.78, 5) is 14.4. The predicted octanol–water partition coefficient (Wildman–Crippen LogP) is 1.42. The molecule has 0 saturated carbocycles. The monoisotopic (exact) mass is 198 g/mol. The van der Waals surface area contributed by atoms with Gasteiger partial charge < -0.3 is 10.8 Å². The van der Waals surface area contributed by atoms with Crippen LogP contribution in [-0.4, -0.2) is 23.5 Å². The molecule has 0 saturated heterocycles. The Kier molecular flexibility index (Phi) is 6.45. The molecule has 0 unspecified atom stereocenters. The van der Waals surface area contributed by atoms with Crippen molar-refractivity contribution in [2.45, 2.75) is 26.7 Å². The van der Waals surface area contributed by atoms with E-state index in [4.69, 9.17) is 10.8 Å². The maximum atomic E-state index is 10.4. The average Bonchev–Trinajstić information content (AvgIpc) is 2.09. The number of nitrogens with zero attached hydrogens (tertiary/aromatic N) is 1. The van der Waals surface area contributed by atoms with Crippen LogP contribution in [0.15, 0.2) is 17.1 Å². The molecule has 80 valence electrons. The second kappa shape index (κ2) is 7.12. The molecule has 0 amide bonds. The third-order valence-corrected chi connectivity index (χ3v) is 1.80. The molecule has 14 heavy (non-hydrogen) atoms. The number of hydrogen-bond donors (Lipinski definition) is 2. The van der Waals surface area contributed by atoms with Crippen LogP contribution in [0.4, 0.5) is 0 Å². The summed E-state index contributed by atoms with van der Waals surface area (Å²) in [6.07, 6.45) is 5.26. The largest absolute Gasteiger partial charge is 0.481 e. The van der Waals surface area contributed by atoms with Gasteiger partial charge in [-0.1, -0.05) is 19.1 Å². The molecular formula is C10H18N2O2. The van der Waals surface area contributed by atoms with E-state index >= 15 is 0 Å². The molecule has 0 radical (unpaired) electrons. The molecule has 0 fully saturated rings. The Labute approximate surface area is 84.5 Å². The van der Waals surface area contributed by atoms with Gasteiger partial charge in [0.05, 0.1) is 18.3 Å². The normalized spacial score (nSPS) is 14.6. The zero-order valence-electron chi connectivity index (χ0n) is 8.73. The highest BCUT2D eigenvalue weighted by atomic mass is 16.4. The van der Waals surface area contributed by atoms with Gasteiger partial charge in [-0.05, 0) is 19.8 Å². The lowest BCUT2D eigenvalue weighted by molar-refractivity contribution is -0.141. The van der Waals surface area contributed by atoms with Gasteiger partial charge in [-0.3, -0.25) is 9.79 Å². The van der Waals surface area contributed by atoms with Gasteiger partial charge in [0.1, 0.15) is 0 Å². The van der Waals surface area contributed by atoms with Crippen molar-refractivity contribution in [3.63, 3.8) is 0 Å². The van der Waals surface area contributed by atoms with E-state index in [0.717, 1.165) is 6.42 Å². The molecule has 0 aliphatic carbocycles. The fourth-order valence-corrected chi connectivity index (χ4v) is 0.859. The lowest BCUT2D eigenvalue weighted by Crippen LogP contribution is -2.08. The van der Waals surface area contributed by atoms with Crippen molar-refractivity contribution in [1.29, 1.82) is 0 Å². The van der Waals surface area contributed by atoms with E-state index in [1.807, 2.05) is 12.2 Å². The number of carboxylic acids is 1. The average molecular weight is 198 g/mol. The second-order valence-corrected chi connectivity index (χ2v) is 3.27. The Morgan fingerprint density at radius 3 is 2.71 bits per heavy atom. The first-order valence-corrected chi connectivity index (χ1v) is 4.68. The zero-order chi connectivity index (χ0) is 11.0. The highest BCUT2D eigenvalue weighted by Crippen LogP contribution is 2.05. The summed E-state index contributed by atoms with van der Waals surface area (Å²) in [7, 11) is 0. The summed E-state index contributed by atoms with van der Waals surface area (Å²) in [6, 6.07) is 0. The van der Waals surface area contributed by atoms with Gasteiger partial charge in [-0.15, -0.1) is 0 Å². The topological polar surface area (TPSA) is 75.7 Å². The molecule has 4 nitrogen and oxygen atoms in total. The minimum absolute atomic E-state index is 0.278. The van der Waals surface area contributed by atoms with E-state index < -0.39 is 5.97 Å². The van der Waals surface area contributed by atoms with E-state index in [2.05, 4.69) is 4.99 Å². The minimum Gasteiger partial charge on any atom is -0.481 e. The molecule has 0 aromatic heterocycles. The number of rotatable bonds is 6. The van der Waals surface area contributed by atoms with Crippen molar-refractivity contribution in [3.8, 4) is 0 Å². The maximum absolute atomic E-state index is 10.4. The molecule has 3 N–H and O–H groups in total. The number of aliphatic carboxylic acids is 1. The van der Waals surface area contributed by atoms with Crippen molar-refractivity contribution in [1.82, 2.24) is 0 Å². The van der Waals surface area contributed by atoms with Gasteiger partial charge in [-0.25, -0.2) is 0 Å². The highest BCUT2D eigenvalue weighted by Gasteiger charge is 2.08. The van der Waals surface area contributed by atoms with Crippen LogP contribution in [0.2, 0.25) is 0 Å². The van der Waals surface area contributed by atoms with E-state index in [0.29, 0.717) is 18.8 Å². The Morgan fingerprint density at radius 2 is 2.21 bits per heavy atom. The summed E-state index contributed by atoms with van der Waals surface area (Å²) in [5.74, 6) is -0.456. The van der Waals surface area contributed by atoms with Crippen LogP contribution >= 0.6 is 0 Å². The lowest BCUT2D eigenvalue weighted by atomic mass is 10.1. The molecule has 0 spiro atoms. The molecular weight excluding hydrogens is 180 g/mol. The maximum Gasteiger partial charge on any atom is 0.306 e. The fraction of sp³-hybridized carbons (Fsp3) is 0.600. The van der Waals surface area contributed by atoms with Crippen LogP contribution < -0.4 is 5.73 Å². The van der Waals surface area contributed by atoms with Crippen LogP contribution in [0, 0.1) is 5.92 Å². The minimum atomic E-state index is -0.741. The molecule has 1 atom stereocenters. The molecule has 0 aromatic rings. The quantitative estimate of drug-likeness (QED) is 0.385. The molecule has 0 aliphatic rings. The third kappa shape index (κ3) is 7.34. The molecule has 0 heterocycles. The fourth-order valence-electron chi connectivity index (χ4n) is 0.859. The van der Waals surface area contributed by atoms with E-state index in [1.165, 1.54) is 0 Å². The van der Waals surface area contributed by atoms with E-state index in [1.54, 1.807) is 13.8 Å². The molecule has 0 bridgehead atoms. The Hall–Kier alpha value is -1.32. The van der Waals surface area contributed by atoms with Crippen LogP contribution in [0.3, 0.4) is 0 Å². The van der Waals surface area contributed by atoms with E-state index in [9.17, 15) is 4.79 Å². The van der Waals surface area contributed by atoms with Crippen LogP contribution in [0.25, 0.3) is 0 Å². The number of carbonyl (C=O) groups is 1. The summed E-state index contributed by atoms with van der Waals surface area (Å²) >= 11 is 0. The molecule has 0 aromatic carbocycles. The van der Waals surface area contributed by atoms with Crippen LogP contribution in [0.5, 0.6) is 0 Å². The van der Waals surface area contributed by atoms with Crippen molar-refractivity contribution in [3.05, 3.63) is 12.2 Å². The predicted molar refractivity (Wildman–Crippen MR) is 57.3 cm³/mol. The summed E-state index contributed by atoms with van der Waals surface area (Å²) in [6.45, 7) is 4.02. The first-order valence-electron chi connectivity index (χ1n) is 4.68. The van der Waals surface area contributed by atoms with Gasteiger partial charge >= 0.3 is 5.97 Å². The zero-order valence-corrected chi connectivity index (χ0v) is 8.73. The summed E-state index contributed by atoms with van der Waals surface area (Å²) in [5.41, 5.74) is 5.33. The molecule has 0 aliphatic heterocycles. The standard InChI is InChI=1S/C10H18N2O2/c1-8(10(13)14)6-4-3-5-7-12-9(2)11/h3,5,8H,4,6-7H2,1-2H3,(H2,11,12)(H,13,14)/b5-3-/t8-/m1/s1. The van der Waals surface area contributed by atoms with Crippen molar-refractivity contribution < 1.29 is 9.90 Å².